The molecule has 0 fully saturated rings. The Morgan fingerprint density at radius 2 is 2.29 bits per heavy atom. The van der Waals surface area contributed by atoms with Gasteiger partial charge in [-0.15, -0.1) is 0 Å². The Kier molecular flexibility index (Phi) is 3.13. The number of hydrogen-bond acceptors (Lipinski definition) is 5. The van der Waals surface area contributed by atoms with E-state index in [1.807, 2.05) is 0 Å². The number of esters is 1. The average molecular weight is 236 g/mol. The summed E-state index contributed by atoms with van der Waals surface area (Å²) in [7, 11) is 0. The maximum atomic E-state index is 12.8. The fourth-order valence-electron chi connectivity index (χ4n) is 1.22. The van der Waals surface area contributed by atoms with Crippen LogP contribution in [0.2, 0.25) is 0 Å². The van der Waals surface area contributed by atoms with Gasteiger partial charge in [0.1, 0.15) is 18.2 Å². The van der Waals surface area contributed by atoms with Gasteiger partial charge in [-0.25, -0.2) is 9.18 Å². The normalized spacial score (nSPS) is 10.2. The number of carbonyl (C=O) groups is 1. The van der Waals surface area contributed by atoms with E-state index in [0.717, 1.165) is 6.20 Å². The highest BCUT2D eigenvalue weighted by Gasteiger charge is 2.12. The molecule has 6 heteroatoms. The van der Waals surface area contributed by atoms with Gasteiger partial charge in [0.05, 0.1) is 6.20 Å². The second-order valence-corrected chi connectivity index (χ2v) is 3.41. The van der Waals surface area contributed by atoms with Crippen LogP contribution in [0.1, 0.15) is 21.8 Å². The number of halogens is 1. The van der Waals surface area contributed by atoms with Crippen molar-refractivity contribution in [3.8, 4) is 0 Å². The number of carbonyl (C=O) groups excluding carboxylic acids is 1. The summed E-state index contributed by atoms with van der Waals surface area (Å²) in [4.78, 5) is 15.1. The van der Waals surface area contributed by atoms with Gasteiger partial charge in [-0.05, 0) is 13.0 Å². The lowest BCUT2D eigenvalue weighted by atomic mass is 10.3. The van der Waals surface area contributed by atoms with Crippen molar-refractivity contribution in [2.75, 3.05) is 0 Å². The molecule has 2 heterocycles. The first-order valence-corrected chi connectivity index (χ1v) is 4.85. The van der Waals surface area contributed by atoms with Crippen LogP contribution in [0.3, 0.4) is 0 Å². The lowest BCUT2D eigenvalue weighted by Crippen LogP contribution is -2.05. The molecule has 0 amide bonds. The Hall–Kier alpha value is -2.24. The number of rotatable bonds is 3. The number of nitrogens with zero attached hydrogens (tertiary/aromatic N) is 2. The van der Waals surface area contributed by atoms with Crippen molar-refractivity contribution < 1.29 is 18.4 Å². The first kappa shape index (κ1) is 11.3. The van der Waals surface area contributed by atoms with Gasteiger partial charge in [0, 0.05) is 17.8 Å². The van der Waals surface area contributed by atoms with Gasteiger partial charge in [-0.1, -0.05) is 5.16 Å². The first-order chi connectivity index (χ1) is 8.15. The third kappa shape index (κ3) is 2.87. The largest absolute Gasteiger partial charge is 0.456 e. The highest BCUT2D eigenvalue weighted by molar-refractivity contribution is 5.87. The van der Waals surface area contributed by atoms with Crippen molar-refractivity contribution in [1.82, 2.24) is 10.1 Å². The van der Waals surface area contributed by atoms with Crippen LogP contribution in [-0.4, -0.2) is 16.1 Å². The minimum absolute atomic E-state index is 0.0600. The van der Waals surface area contributed by atoms with Crippen LogP contribution in [0, 0.1) is 12.7 Å². The van der Waals surface area contributed by atoms with Crippen LogP contribution in [0.15, 0.2) is 29.0 Å². The molecule has 2 aromatic heterocycles. The van der Waals surface area contributed by atoms with Crippen LogP contribution in [-0.2, 0) is 11.3 Å². The lowest BCUT2D eigenvalue weighted by molar-refractivity contribution is 0.0460. The van der Waals surface area contributed by atoms with Crippen LogP contribution in [0.4, 0.5) is 4.39 Å². The summed E-state index contributed by atoms with van der Waals surface area (Å²) < 4.78 is 22.4. The molecule has 0 atom stereocenters. The highest BCUT2D eigenvalue weighted by atomic mass is 19.1. The number of aromatic nitrogens is 2. The van der Waals surface area contributed by atoms with Crippen LogP contribution in [0.5, 0.6) is 0 Å². The van der Waals surface area contributed by atoms with Crippen LogP contribution >= 0.6 is 0 Å². The van der Waals surface area contributed by atoms with Gasteiger partial charge in [0.25, 0.3) is 0 Å². The predicted molar refractivity (Wildman–Crippen MR) is 54.6 cm³/mol. The van der Waals surface area contributed by atoms with Crippen molar-refractivity contribution in [2.45, 2.75) is 13.5 Å². The molecule has 0 radical (unpaired) electrons. The molecule has 2 aromatic rings. The molecular weight excluding hydrogens is 227 g/mol. The Bertz CT molecular complexity index is 539. The zero-order chi connectivity index (χ0) is 12.3. The van der Waals surface area contributed by atoms with Crippen LogP contribution in [0.25, 0.3) is 0 Å². The highest BCUT2D eigenvalue weighted by Crippen LogP contribution is 2.07. The van der Waals surface area contributed by atoms with E-state index in [4.69, 9.17) is 9.26 Å². The molecule has 0 aliphatic carbocycles. The zero-order valence-electron chi connectivity index (χ0n) is 9.01. The maximum absolute atomic E-state index is 12.8. The summed E-state index contributed by atoms with van der Waals surface area (Å²) in [6.07, 6.45) is 2.50. The summed E-state index contributed by atoms with van der Waals surface area (Å²) >= 11 is 0. The molecule has 0 saturated heterocycles. The predicted octanol–water partition coefficient (Wildman–Crippen LogP) is 1.87. The zero-order valence-corrected chi connectivity index (χ0v) is 9.01. The van der Waals surface area contributed by atoms with E-state index in [1.165, 1.54) is 18.3 Å². The lowest BCUT2D eigenvalue weighted by Gasteiger charge is -2.01. The Balaban J connectivity index is 1.97. The quantitative estimate of drug-likeness (QED) is 0.761. The molecule has 2 rings (SSSR count). The maximum Gasteiger partial charge on any atom is 0.360 e. The van der Waals surface area contributed by atoms with Crippen molar-refractivity contribution in [2.24, 2.45) is 0 Å². The molecule has 17 heavy (non-hydrogen) atoms. The van der Waals surface area contributed by atoms with Crippen molar-refractivity contribution >= 4 is 5.97 Å². The molecule has 0 aromatic carbocycles. The fourth-order valence-corrected chi connectivity index (χ4v) is 1.22. The van der Waals surface area contributed by atoms with Crippen molar-refractivity contribution in [3.05, 3.63) is 47.4 Å². The summed E-state index contributed by atoms with van der Waals surface area (Å²) in [5.74, 6) is -0.577. The Labute approximate surface area is 96.2 Å². The van der Waals surface area contributed by atoms with Gasteiger partial charge < -0.3 is 9.26 Å². The third-order valence-corrected chi connectivity index (χ3v) is 1.97. The molecule has 0 N–H and O–H groups in total. The van der Waals surface area contributed by atoms with E-state index in [2.05, 4.69) is 10.1 Å². The van der Waals surface area contributed by atoms with E-state index in [9.17, 15) is 9.18 Å². The van der Waals surface area contributed by atoms with E-state index < -0.39 is 11.8 Å². The summed E-state index contributed by atoms with van der Waals surface area (Å²) in [6, 6.07) is 2.71. The minimum atomic E-state index is -0.619. The molecule has 0 aliphatic heterocycles. The summed E-state index contributed by atoms with van der Waals surface area (Å²) in [6.45, 7) is 1.61. The average Bonchev–Trinajstić information content (AvgIpc) is 2.73. The van der Waals surface area contributed by atoms with Gasteiger partial charge >= 0.3 is 5.97 Å². The van der Waals surface area contributed by atoms with Gasteiger partial charge in [0.15, 0.2) is 5.69 Å². The monoisotopic (exact) mass is 236 g/mol. The summed E-state index contributed by atoms with van der Waals surface area (Å²) in [5, 5.41) is 3.51. The third-order valence-electron chi connectivity index (χ3n) is 1.97. The van der Waals surface area contributed by atoms with E-state index in [1.54, 1.807) is 6.92 Å². The standard InChI is InChI=1S/C11H9FN2O3/c1-7-2-10(14-17-7)11(15)16-6-8-3-9(12)5-13-4-8/h2-5H,6H2,1H3. The van der Waals surface area contributed by atoms with E-state index >= 15 is 0 Å². The molecule has 0 saturated carbocycles. The molecule has 5 nitrogen and oxygen atoms in total. The molecule has 88 valence electrons. The molecule has 0 spiro atoms. The van der Waals surface area contributed by atoms with Gasteiger partial charge in [0.2, 0.25) is 0 Å². The SMILES string of the molecule is Cc1cc(C(=O)OCc2cncc(F)c2)no1. The topological polar surface area (TPSA) is 65.2 Å². The number of pyridine rings is 1. The second kappa shape index (κ2) is 4.73. The Morgan fingerprint density at radius 3 is 2.94 bits per heavy atom. The smallest absolute Gasteiger partial charge is 0.360 e. The molecule has 0 unspecified atom stereocenters. The minimum Gasteiger partial charge on any atom is -0.456 e. The first-order valence-electron chi connectivity index (χ1n) is 4.85. The van der Waals surface area contributed by atoms with Crippen LogP contribution < -0.4 is 0 Å². The summed E-state index contributed by atoms with van der Waals surface area (Å²) in [5.41, 5.74) is 0.561. The van der Waals surface area contributed by atoms with E-state index in [0.29, 0.717) is 11.3 Å². The Morgan fingerprint density at radius 1 is 1.47 bits per heavy atom. The van der Waals surface area contributed by atoms with Gasteiger partial charge in [-0.3, -0.25) is 4.98 Å². The number of ether oxygens (including phenoxy) is 1. The second-order valence-electron chi connectivity index (χ2n) is 3.41. The fraction of sp³-hybridized carbons (Fsp3) is 0.182. The van der Waals surface area contributed by atoms with Crippen molar-refractivity contribution in [3.63, 3.8) is 0 Å². The van der Waals surface area contributed by atoms with Crippen molar-refractivity contribution in [1.29, 1.82) is 0 Å². The number of aryl methyl sites for hydroxylation is 1. The molecular formula is C11H9FN2O3. The molecule has 0 aliphatic rings. The number of hydrogen-bond donors (Lipinski definition) is 0. The van der Waals surface area contributed by atoms with Gasteiger partial charge in [-0.2, -0.15) is 0 Å². The van der Waals surface area contributed by atoms with E-state index in [-0.39, 0.29) is 12.3 Å². The molecule has 0 bridgehead atoms.